The van der Waals surface area contributed by atoms with Crippen LogP contribution in [0.1, 0.15) is 0 Å². The Balaban J connectivity index is 2.23. The molecule has 0 spiro atoms. The Bertz CT molecular complexity index is 819. The third kappa shape index (κ3) is 4.77. The van der Waals surface area contributed by atoms with Gasteiger partial charge in [0, 0.05) is 13.1 Å². The van der Waals surface area contributed by atoms with Crippen LogP contribution in [0.2, 0.25) is 0 Å². The van der Waals surface area contributed by atoms with Gasteiger partial charge in [-0.2, -0.15) is 18.2 Å². The number of nitrogens with one attached hydrogen (secondary N) is 3. The molecule has 0 amide bonds. The lowest BCUT2D eigenvalue weighted by Crippen LogP contribution is -2.35. The first-order valence-electron chi connectivity index (χ1n) is 6.57. The van der Waals surface area contributed by atoms with Gasteiger partial charge in [0.15, 0.2) is 11.5 Å². The van der Waals surface area contributed by atoms with Gasteiger partial charge in [-0.15, -0.1) is 4.94 Å². The molecule has 0 radical (unpaired) electrons. The topological polar surface area (TPSA) is 164 Å². The summed E-state index contributed by atoms with van der Waals surface area (Å²) in [5, 5.41) is 21.4. The minimum Gasteiger partial charge on any atom is -0.382 e. The maximum atomic E-state index is 13.4. The van der Waals surface area contributed by atoms with E-state index in [1.807, 2.05) is 4.72 Å². The van der Waals surface area contributed by atoms with Crippen LogP contribution in [-0.2, 0) is 15.2 Å². The van der Waals surface area contributed by atoms with Gasteiger partial charge in [0.2, 0.25) is 0 Å². The smallest absolute Gasteiger partial charge is 0.333 e. The number of anilines is 1. The number of rotatable bonds is 7. The van der Waals surface area contributed by atoms with Crippen molar-refractivity contribution in [3.8, 4) is 0 Å². The van der Waals surface area contributed by atoms with Crippen LogP contribution in [0.15, 0.2) is 34.2 Å². The zero-order chi connectivity index (χ0) is 18.8. The van der Waals surface area contributed by atoms with E-state index in [1.165, 1.54) is 12.1 Å². The third-order valence-corrected chi connectivity index (χ3v) is 4.05. The first-order valence-corrected chi connectivity index (χ1v) is 8.80. The molecule has 2 rings (SSSR count). The summed E-state index contributed by atoms with van der Waals surface area (Å²) in [6, 6.07) is 3.82. The standard InChI is InChI=1S/C11H14BrFN6O5S/c12-7-5-6(1-2-8(7)13)18-9(10(14)15)11(19(20)24-18)16-3-4-17-25(21,22)23/h1-2,5,16-17,20H,3-4H2,(H3,14,15)(H,21,22,23). The first-order chi connectivity index (χ1) is 11.6. The van der Waals surface area contributed by atoms with Crippen molar-refractivity contribution in [2.75, 3.05) is 18.2 Å². The fourth-order valence-electron chi connectivity index (χ4n) is 1.88. The Labute approximate surface area is 150 Å². The average molecular weight is 441 g/mol. The van der Waals surface area contributed by atoms with E-state index in [0.29, 0.717) is 0 Å². The number of benzene rings is 1. The lowest BCUT2D eigenvalue weighted by atomic mass is 10.2. The van der Waals surface area contributed by atoms with Crippen molar-refractivity contribution < 1.29 is 27.5 Å². The molecule has 1 aliphatic rings. The van der Waals surface area contributed by atoms with E-state index in [-0.39, 0.29) is 40.0 Å². The Kier molecular flexibility index (Phi) is 5.81. The van der Waals surface area contributed by atoms with Gasteiger partial charge in [-0.3, -0.25) is 15.2 Å². The van der Waals surface area contributed by atoms with Gasteiger partial charge >= 0.3 is 10.3 Å². The van der Waals surface area contributed by atoms with Crippen LogP contribution < -0.4 is 20.8 Å². The molecular weight excluding hydrogens is 427 g/mol. The zero-order valence-electron chi connectivity index (χ0n) is 12.4. The molecule has 138 valence electrons. The summed E-state index contributed by atoms with van der Waals surface area (Å²) in [5.74, 6) is -1.15. The first kappa shape index (κ1) is 19.4. The molecule has 0 saturated carbocycles. The summed E-state index contributed by atoms with van der Waals surface area (Å²) in [5.41, 5.74) is 5.67. The normalized spacial score (nSPS) is 15.0. The van der Waals surface area contributed by atoms with Gasteiger partial charge < -0.3 is 11.1 Å². The highest BCUT2D eigenvalue weighted by molar-refractivity contribution is 9.10. The van der Waals surface area contributed by atoms with Crippen molar-refractivity contribution in [3.63, 3.8) is 0 Å². The summed E-state index contributed by atoms with van der Waals surface area (Å²) in [6.07, 6.45) is 0. The summed E-state index contributed by atoms with van der Waals surface area (Å²) in [6.45, 7) is -0.295. The number of amidine groups is 1. The molecule has 25 heavy (non-hydrogen) atoms. The van der Waals surface area contributed by atoms with E-state index in [1.54, 1.807) is 0 Å². The largest absolute Gasteiger partial charge is 0.382 e. The quantitative estimate of drug-likeness (QED) is 0.148. The van der Waals surface area contributed by atoms with Gasteiger partial charge in [0.1, 0.15) is 11.7 Å². The molecular formula is C11H14BrFN6O5S. The van der Waals surface area contributed by atoms with Gasteiger partial charge in [-0.05, 0) is 34.1 Å². The molecule has 14 heteroatoms. The molecule has 1 aromatic rings. The highest BCUT2D eigenvalue weighted by Crippen LogP contribution is 2.31. The second-order valence-electron chi connectivity index (χ2n) is 4.65. The Morgan fingerprint density at radius 3 is 2.68 bits per heavy atom. The molecule has 0 fully saturated rings. The maximum Gasteiger partial charge on any atom is 0.333 e. The second-order valence-corrected chi connectivity index (χ2v) is 6.75. The summed E-state index contributed by atoms with van der Waals surface area (Å²) >= 11 is 3.01. The van der Waals surface area contributed by atoms with E-state index in [2.05, 4.69) is 21.2 Å². The lowest BCUT2D eigenvalue weighted by Gasteiger charge is -2.18. The van der Waals surface area contributed by atoms with Gasteiger partial charge in [-0.25, -0.2) is 4.39 Å². The van der Waals surface area contributed by atoms with Crippen LogP contribution in [0.25, 0.3) is 0 Å². The molecule has 1 aromatic carbocycles. The van der Waals surface area contributed by atoms with Crippen molar-refractivity contribution in [2.24, 2.45) is 5.73 Å². The fraction of sp³-hybridized carbons (Fsp3) is 0.182. The number of hydrogen-bond donors (Lipinski definition) is 6. The Morgan fingerprint density at radius 2 is 2.12 bits per heavy atom. The zero-order valence-corrected chi connectivity index (χ0v) is 14.8. The molecule has 1 heterocycles. The van der Waals surface area contributed by atoms with Gasteiger partial charge in [0.05, 0.1) is 10.2 Å². The predicted molar refractivity (Wildman–Crippen MR) is 87.8 cm³/mol. The molecule has 0 atom stereocenters. The van der Waals surface area contributed by atoms with Crippen LogP contribution in [0.3, 0.4) is 0 Å². The highest BCUT2D eigenvalue weighted by atomic mass is 79.9. The van der Waals surface area contributed by atoms with E-state index in [0.717, 1.165) is 11.1 Å². The maximum absolute atomic E-state index is 13.4. The second kappa shape index (κ2) is 7.51. The van der Waals surface area contributed by atoms with Crippen LogP contribution in [0.4, 0.5) is 10.1 Å². The molecule has 0 aromatic heterocycles. The monoisotopic (exact) mass is 440 g/mol. The number of halogens is 2. The summed E-state index contributed by atoms with van der Waals surface area (Å²) in [7, 11) is -4.36. The van der Waals surface area contributed by atoms with Crippen molar-refractivity contribution >= 4 is 37.8 Å². The number of nitrogens with two attached hydrogens (primary N) is 1. The number of hydroxylamine groups is 3. The minimum absolute atomic E-state index is 0.0761. The molecule has 7 N–H and O–H groups in total. The van der Waals surface area contributed by atoms with Crippen molar-refractivity contribution in [1.82, 2.24) is 15.3 Å². The third-order valence-electron chi connectivity index (χ3n) is 2.87. The lowest BCUT2D eigenvalue weighted by molar-refractivity contribution is -0.306. The van der Waals surface area contributed by atoms with Crippen LogP contribution >= 0.6 is 15.9 Å². The predicted octanol–water partition coefficient (Wildman–Crippen LogP) is 0.0331. The SMILES string of the molecule is N=C(N)C1=C(NCCNS(=O)(=O)O)N(O)ON1c1ccc(F)c(Br)c1. The Hall–Kier alpha value is -1.97. The van der Waals surface area contributed by atoms with E-state index in [9.17, 15) is 18.0 Å². The van der Waals surface area contributed by atoms with Crippen LogP contribution in [-0.4, -0.2) is 42.3 Å². The Morgan fingerprint density at radius 1 is 1.44 bits per heavy atom. The molecule has 0 unspecified atom stereocenters. The van der Waals surface area contributed by atoms with Crippen molar-refractivity contribution in [1.29, 1.82) is 5.41 Å². The van der Waals surface area contributed by atoms with E-state index >= 15 is 0 Å². The summed E-state index contributed by atoms with van der Waals surface area (Å²) in [4.78, 5) is 5.06. The minimum atomic E-state index is -4.36. The summed E-state index contributed by atoms with van der Waals surface area (Å²) < 4.78 is 45.1. The highest BCUT2D eigenvalue weighted by Gasteiger charge is 2.34. The molecule has 11 nitrogen and oxygen atoms in total. The number of nitrogens with zero attached hydrogens (tertiary/aromatic N) is 2. The fourth-order valence-corrected chi connectivity index (χ4v) is 2.61. The number of hydrogen-bond acceptors (Lipinski definition) is 8. The molecule has 0 saturated heterocycles. The van der Waals surface area contributed by atoms with Gasteiger partial charge in [-0.1, -0.05) is 5.23 Å². The van der Waals surface area contributed by atoms with Gasteiger partial charge in [0.25, 0.3) is 0 Å². The molecule has 1 aliphatic heterocycles. The molecule has 0 bridgehead atoms. The average Bonchev–Trinajstić information content (AvgIpc) is 2.82. The van der Waals surface area contributed by atoms with E-state index in [4.69, 9.17) is 20.6 Å². The van der Waals surface area contributed by atoms with E-state index < -0.39 is 22.0 Å². The van der Waals surface area contributed by atoms with Crippen molar-refractivity contribution in [2.45, 2.75) is 0 Å². The van der Waals surface area contributed by atoms with Crippen LogP contribution in [0.5, 0.6) is 0 Å². The molecule has 0 aliphatic carbocycles. The van der Waals surface area contributed by atoms with Crippen molar-refractivity contribution in [3.05, 3.63) is 40.0 Å². The van der Waals surface area contributed by atoms with Crippen LogP contribution in [0, 0.1) is 11.2 Å².